The summed E-state index contributed by atoms with van der Waals surface area (Å²) in [6.45, 7) is -1.09. The highest BCUT2D eigenvalue weighted by Crippen LogP contribution is 2.37. The van der Waals surface area contributed by atoms with E-state index in [1.807, 2.05) is 0 Å². The molecule has 1 heterocycles. The fourth-order valence-electron chi connectivity index (χ4n) is 1.50. The summed E-state index contributed by atoms with van der Waals surface area (Å²) in [5.41, 5.74) is 0. The Hall–Kier alpha value is -0.770. The van der Waals surface area contributed by atoms with Crippen LogP contribution in [0.2, 0.25) is 0 Å². The van der Waals surface area contributed by atoms with E-state index in [9.17, 15) is 31.5 Å². The molecular weight excluding hydrogens is 345 g/mol. The molecule has 1 atom stereocenters. The quantitative estimate of drug-likeness (QED) is 0.568. The van der Waals surface area contributed by atoms with Crippen LogP contribution >= 0.6 is 15.9 Å². The summed E-state index contributed by atoms with van der Waals surface area (Å²) < 4.78 is 67.1. The van der Waals surface area contributed by atoms with Gasteiger partial charge in [-0.05, 0) is 0 Å². The van der Waals surface area contributed by atoms with E-state index >= 15 is 0 Å². The van der Waals surface area contributed by atoms with Gasteiger partial charge in [-0.2, -0.15) is 22.0 Å². The van der Waals surface area contributed by atoms with Crippen molar-refractivity contribution in [2.75, 3.05) is 25.1 Å². The molecule has 0 radical (unpaired) electrons. The van der Waals surface area contributed by atoms with Gasteiger partial charge in [0.2, 0.25) is 0 Å². The molecule has 1 aliphatic rings. The number of hydrogen-bond acceptors (Lipinski definition) is 3. The van der Waals surface area contributed by atoms with Crippen molar-refractivity contribution < 1.29 is 36.3 Å². The summed E-state index contributed by atoms with van der Waals surface area (Å²) in [5, 5.41) is -0.275. The fourth-order valence-corrected chi connectivity index (χ4v) is 1.88. The van der Waals surface area contributed by atoms with E-state index in [1.54, 1.807) is 0 Å². The van der Waals surface area contributed by atoms with Gasteiger partial charge in [0.25, 0.3) is 0 Å². The number of halogens is 6. The summed E-state index contributed by atoms with van der Waals surface area (Å²) in [5.74, 6) is -8.65. The molecule has 1 saturated heterocycles. The van der Waals surface area contributed by atoms with Crippen LogP contribution in [0, 0.1) is 0 Å². The molecule has 0 saturated carbocycles. The normalized spacial score (nSPS) is 21.4. The molecule has 1 rings (SSSR count). The Morgan fingerprint density at radius 1 is 1.26 bits per heavy atom. The maximum Gasteiger partial charge on any atom is 0.463 e. The van der Waals surface area contributed by atoms with E-state index < -0.39 is 43.0 Å². The van der Waals surface area contributed by atoms with E-state index in [0.29, 0.717) is 0 Å². The lowest BCUT2D eigenvalue weighted by molar-refractivity contribution is -0.276. The van der Waals surface area contributed by atoms with Gasteiger partial charge in [-0.15, -0.1) is 0 Å². The highest BCUT2D eigenvalue weighted by molar-refractivity contribution is 9.09. The Morgan fingerprint density at radius 3 is 2.32 bits per heavy atom. The minimum atomic E-state index is -6.00. The van der Waals surface area contributed by atoms with Crippen LogP contribution in [0.4, 0.5) is 22.0 Å². The number of alkyl halides is 6. The van der Waals surface area contributed by atoms with Crippen molar-refractivity contribution in [1.82, 2.24) is 4.90 Å². The van der Waals surface area contributed by atoms with E-state index in [1.165, 1.54) is 0 Å². The molecule has 0 bridgehead atoms. The first-order valence-electron chi connectivity index (χ1n) is 5.05. The topological polar surface area (TPSA) is 46.6 Å². The van der Waals surface area contributed by atoms with Gasteiger partial charge in [-0.25, -0.2) is 0 Å². The van der Waals surface area contributed by atoms with Crippen molar-refractivity contribution in [3.63, 3.8) is 0 Å². The van der Waals surface area contributed by atoms with Crippen molar-refractivity contribution in [3.8, 4) is 0 Å². The fraction of sp³-hybridized carbons (Fsp3) is 0.778. The Labute approximate surface area is 113 Å². The second-order valence-electron chi connectivity index (χ2n) is 3.76. The zero-order valence-electron chi connectivity index (χ0n) is 9.35. The lowest BCUT2D eigenvalue weighted by Crippen LogP contribution is -2.60. The smallest absolute Gasteiger partial charge is 0.377 e. The summed E-state index contributed by atoms with van der Waals surface area (Å²) in [6, 6.07) is -1.44. The lowest BCUT2D eigenvalue weighted by Gasteiger charge is -2.36. The first-order chi connectivity index (χ1) is 8.63. The maximum atomic E-state index is 13.0. The van der Waals surface area contributed by atoms with Crippen LogP contribution in [0.25, 0.3) is 0 Å². The average Bonchev–Trinajstić information content (AvgIpc) is 2.35. The number of rotatable bonds is 3. The summed E-state index contributed by atoms with van der Waals surface area (Å²) >= 11 is 2.76. The van der Waals surface area contributed by atoms with E-state index in [2.05, 4.69) is 15.9 Å². The third-order valence-electron chi connectivity index (χ3n) is 2.52. The van der Waals surface area contributed by atoms with Gasteiger partial charge >= 0.3 is 18.0 Å². The molecule has 4 nitrogen and oxygen atoms in total. The third kappa shape index (κ3) is 3.22. The molecule has 1 aliphatic heterocycles. The molecule has 1 fully saturated rings. The molecule has 110 valence electrons. The van der Waals surface area contributed by atoms with Crippen molar-refractivity contribution in [3.05, 3.63) is 0 Å². The molecule has 0 aromatic heterocycles. The Bertz CT molecular complexity index is 373. The van der Waals surface area contributed by atoms with Gasteiger partial charge in [0.15, 0.2) is 5.78 Å². The number of ether oxygens (including phenoxy) is 1. The van der Waals surface area contributed by atoms with Crippen LogP contribution in [0.5, 0.6) is 0 Å². The Balaban J connectivity index is 2.98. The van der Waals surface area contributed by atoms with Gasteiger partial charge < -0.3 is 9.64 Å². The Kier molecular flexibility index (Phi) is 4.88. The predicted octanol–water partition coefficient (Wildman–Crippen LogP) is 1.38. The number of nitrogens with zero attached hydrogens (tertiary/aromatic N) is 1. The van der Waals surface area contributed by atoms with Gasteiger partial charge in [0.1, 0.15) is 6.04 Å². The first-order valence-corrected chi connectivity index (χ1v) is 6.17. The van der Waals surface area contributed by atoms with Gasteiger partial charge in [0, 0.05) is 6.54 Å². The number of Topliss-reactive ketones (excluding diaryl/α,β-unsaturated/α-hetero) is 1. The van der Waals surface area contributed by atoms with Crippen LogP contribution in [0.1, 0.15) is 0 Å². The second kappa shape index (κ2) is 5.70. The highest BCUT2D eigenvalue weighted by Gasteiger charge is 2.65. The molecule has 1 unspecified atom stereocenters. The average molecular weight is 354 g/mol. The van der Waals surface area contributed by atoms with Crippen LogP contribution < -0.4 is 0 Å². The molecule has 0 spiro atoms. The second-order valence-corrected chi connectivity index (χ2v) is 4.32. The standard InChI is InChI=1S/C9H9BrF5NO3/c10-3-6(17)5-4-19-2-1-16(5)7(18)8(11,12)9(13,14)15/h5H,1-4H2. The van der Waals surface area contributed by atoms with Gasteiger partial charge in [-0.3, -0.25) is 9.59 Å². The lowest BCUT2D eigenvalue weighted by atomic mass is 10.1. The number of carbonyl (C=O) groups excluding carboxylic acids is 2. The van der Waals surface area contributed by atoms with Crippen LogP contribution in [0.15, 0.2) is 0 Å². The van der Waals surface area contributed by atoms with Gasteiger partial charge in [-0.1, -0.05) is 15.9 Å². The minimum Gasteiger partial charge on any atom is -0.377 e. The van der Waals surface area contributed by atoms with Crippen LogP contribution in [-0.4, -0.2) is 59.8 Å². The van der Waals surface area contributed by atoms with Crippen LogP contribution in [-0.2, 0) is 14.3 Å². The SMILES string of the molecule is O=C(CBr)C1COCCN1C(=O)C(F)(F)C(F)(F)F. The van der Waals surface area contributed by atoms with Crippen molar-refractivity contribution in [2.24, 2.45) is 0 Å². The van der Waals surface area contributed by atoms with Crippen LogP contribution in [0.3, 0.4) is 0 Å². The molecule has 0 aliphatic carbocycles. The third-order valence-corrected chi connectivity index (χ3v) is 3.07. The number of morpholine rings is 1. The molecule has 0 aromatic carbocycles. The zero-order valence-corrected chi connectivity index (χ0v) is 10.9. The minimum absolute atomic E-state index is 0.203. The summed E-state index contributed by atoms with van der Waals surface area (Å²) in [7, 11) is 0. The number of carbonyl (C=O) groups is 2. The molecule has 0 aromatic rings. The molecule has 19 heavy (non-hydrogen) atoms. The first kappa shape index (κ1) is 16.3. The maximum absolute atomic E-state index is 13.0. The zero-order chi connectivity index (χ0) is 14.8. The van der Waals surface area contributed by atoms with Gasteiger partial charge in [0.05, 0.1) is 18.5 Å². The Morgan fingerprint density at radius 2 is 1.84 bits per heavy atom. The highest BCUT2D eigenvalue weighted by atomic mass is 79.9. The van der Waals surface area contributed by atoms with E-state index in [0.717, 1.165) is 0 Å². The molecule has 0 N–H and O–H groups in total. The van der Waals surface area contributed by atoms with E-state index in [-0.39, 0.29) is 16.8 Å². The summed E-state index contributed by atoms with van der Waals surface area (Å²) in [6.07, 6.45) is -6.00. The number of hydrogen-bond donors (Lipinski definition) is 0. The summed E-state index contributed by atoms with van der Waals surface area (Å²) in [4.78, 5) is 23.0. The van der Waals surface area contributed by atoms with Crippen molar-refractivity contribution in [1.29, 1.82) is 0 Å². The molecule has 10 heteroatoms. The largest absolute Gasteiger partial charge is 0.463 e. The monoisotopic (exact) mass is 353 g/mol. The predicted molar refractivity (Wildman–Crippen MR) is 56.1 cm³/mol. The van der Waals surface area contributed by atoms with Crippen molar-refractivity contribution >= 4 is 27.6 Å². The number of amides is 1. The number of ketones is 1. The molecule has 1 amide bonds. The van der Waals surface area contributed by atoms with Crippen molar-refractivity contribution in [2.45, 2.75) is 18.1 Å². The molecular formula is C9H9BrF5NO3. The van der Waals surface area contributed by atoms with E-state index in [4.69, 9.17) is 4.74 Å².